The quantitative estimate of drug-likeness (QED) is 0.851. The summed E-state index contributed by atoms with van der Waals surface area (Å²) in [5.41, 5.74) is -1.59. The molecule has 5 nitrogen and oxygen atoms in total. The molecule has 0 aromatic heterocycles. The second kappa shape index (κ2) is 6.48. The molecule has 1 atom stereocenters. The minimum absolute atomic E-state index is 0.619. The zero-order chi connectivity index (χ0) is 18.1. The molecule has 0 spiro atoms. The van der Waals surface area contributed by atoms with Crippen molar-refractivity contribution in [3.8, 4) is 0 Å². The van der Waals surface area contributed by atoms with Gasteiger partial charge in [0, 0.05) is 11.1 Å². The van der Waals surface area contributed by atoms with E-state index in [1.165, 1.54) is 32.9 Å². The fourth-order valence-electron chi connectivity index (χ4n) is 1.81. The minimum atomic E-state index is -4.20. The number of sulfonamides is 1. The molecule has 23 heavy (non-hydrogen) atoms. The standard InChI is InChI=1S/C14H19F3N2O3S/c1-13(2,3)18-12(20)14(16,17)11(19-23(4,21)22)9-7-5-6-8-10(9)15/h5-8,11,19H,1-4H3,(H,18,20). The Balaban J connectivity index is 3.34. The van der Waals surface area contributed by atoms with Gasteiger partial charge in [-0.1, -0.05) is 18.2 Å². The Labute approximate surface area is 133 Å². The van der Waals surface area contributed by atoms with Gasteiger partial charge in [-0.2, -0.15) is 8.78 Å². The van der Waals surface area contributed by atoms with E-state index in [0.717, 1.165) is 12.1 Å². The van der Waals surface area contributed by atoms with Crippen molar-refractivity contribution in [2.24, 2.45) is 0 Å². The Morgan fingerprint density at radius 3 is 2.13 bits per heavy atom. The van der Waals surface area contributed by atoms with E-state index in [-0.39, 0.29) is 0 Å². The van der Waals surface area contributed by atoms with Crippen LogP contribution in [0.1, 0.15) is 32.4 Å². The van der Waals surface area contributed by atoms with Gasteiger partial charge < -0.3 is 5.32 Å². The highest BCUT2D eigenvalue weighted by Gasteiger charge is 2.50. The molecule has 0 radical (unpaired) electrons. The van der Waals surface area contributed by atoms with Gasteiger partial charge in [-0.05, 0) is 26.8 Å². The van der Waals surface area contributed by atoms with Crippen molar-refractivity contribution in [1.29, 1.82) is 0 Å². The van der Waals surface area contributed by atoms with E-state index >= 15 is 0 Å². The summed E-state index contributed by atoms with van der Waals surface area (Å²) in [6, 6.07) is 2.08. The maximum atomic E-state index is 14.5. The number of halogens is 3. The van der Waals surface area contributed by atoms with Gasteiger partial charge in [0.05, 0.1) is 6.26 Å². The molecular weight excluding hydrogens is 333 g/mol. The Kier molecular flexibility index (Phi) is 5.48. The SMILES string of the molecule is CC(C)(C)NC(=O)C(F)(F)C(NS(C)(=O)=O)c1ccccc1F. The summed E-state index contributed by atoms with van der Waals surface area (Å²) < 4.78 is 67.3. The molecule has 1 unspecified atom stereocenters. The van der Waals surface area contributed by atoms with Crippen molar-refractivity contribution >= 4 is 15.9 Å². The van der Waals surface area contributed by atoms with Gasteiger partial charge in [0.2, 0.25) is 10.0 Å². The summed E-state index contributed by atoms with van der Waals surface area (Å²) >= 11 is 0. The van der Waals surface area contributed by atoms with Crippen molar-refractivity contribution in [2.45, 2.75) is 38.3 Å². The average molecular weight is 352 g/mol. The maximum Gasteiger partial charge on any atom is 0.344 e. The number of carbonyl (C=O) groups is 1. The molecule has 0 aliphatic carbocycles. The summed E-state index contributed by atoms with van der Waals surface area (Å²) in [5.74, 6) is -6.94. The number of hydrogen-bond acceptors (Lipinski definition) is 3. The van der Waals surface area contributed by atoms with Crippen LogP contribution in [-0.4, -0.2) is 32.0 Å². The van der Waals surface area contributed by atoms with Crippen molar-refractivity contribution in [3.63, 3.8) is 0 Å². The first kappa shape index (κ1) is 19.4. The Hall–Kier alpha value is -1.61. The third-order valence-electron chi connectivity index (χ3n) is 2.70. The van der Waals surface area contributed by atoms with Gasteiger partial charge in [0.25, 0.3) is 5.91 Å². The van der Waals surface area contributed by atoms with E-state index in [9.17, 15) is 26.4 Å². The summed E-state index contributed by atoms with van der Waals surface area (Å²) in [5, 5.41) is 2.07. The second-order valence-corrected chi connectivity index (χ2v) is 7.95. The van der Waals surface area contributed by atoms with Crippen LogP contribution in [-0.2, 0) is 14.8 Å². The molecule has 0 aliphatic heterocycles. The van der Waals surface area contributed by atoms with Crippen LogP contribution in [0.15, 0.2) is 24.3 Å². The molecule has 0 saturated carbocycles. The van der Waals surface area contributed by atoms with Crippen LogP contribution < -0.4 is 10.0 Å². The van der Waals surface area contributed by atoms with Crippen LogP contribution in [0.2, 0.25) is 0 Å². The van der Waals surface area contributed by atoms with Crippen molar-refractivity contribution in [2.75, 3.05) is 6.26 Å². The molecule has 0 heterocycles. The molecule has 1 aromatic rings. The van der Waals surface area contributed by atoms with Crippen LogP contribution in [0.3, 0.4) is 0 Å². The third kappa shape index (κ3) is 5.51. The number of alkyl halides is 2. The lowest BCUT2D eigenvalue weighted by Crippen LogP contribution is -2.54. The number of amides is 1. The van der Waals surface area contributed by atoms with E-state index in [1.54, 1.807) is 4.72 Å². The zero-order valence-corrected chi connectivity index (χ0v) is 14.0. The van der Waals surface area contributed by atoms with Gasteiger partial charge >= 0.3 is 5.92 Å². The highest BCUT2D eigenvalue weighted by atomic mass is 32.2. The van der Waals surface area contributed by atoms with Crippen LogP contribution in [0.5, 0.6) is 0 Å². The van der Waals surface area contributed by atoms with E-state index in [2.05, 4.69) is 5.32 Å². The molecule has 9 heteroatoms. The van der Waals surface area contributed by atoms with E-state index in [4.69, 9.17) is 0 Å². The third-order valence-corrected chi connectivity index (χ3v) is 3.37. The molecular formula is C14H19F3N2O3S. The Morgan fingerprint density at radius 2 is 1.70 bits per heavy atom. The lowest BCUT2D eigenvalue weighted by atomic mass is 9.99. The molecule has 1 aromatic carbocycles. The largest absolute Gasteiger partial charge is 0.346 e. The van der Waals surface area contributed by atoms with Gasteiger partial charge in [-0.15, -0.1) is 0 Å². The van der Waals surface area contributed by atoms with Crippen molar-refractivity contribution in [1.82, 2.24) is 10.0 Å². The smallest absolute Gasteiger partial charge is 0.344 e. The van der Waals surface area contributed by atoms with E-state index in [1.807, 2.05) is 0 Å². The molecule has 0 fully saturated rings. The van der Waals surface area contributed by atoms with Gasteiger partial charge in [-0.25, -0.2) is 17.5 Å². The lowest BCUT2D eigenvalue weighted by Gasteiger charge is -2.30. The van der Waals surface area contributed by atoms with E-state index < -0.39 is 44.8 Å². The van der Waals surface area contributed by atoms with Gasteiger partial charge in [0.15, 0.2) is 0 Å². The fourth-order valence-corrected chi connectivity index (χ4v) is 2.51. The maximum absolute atomic E-state index is 14.5. The predicted molar refractivity (Wildman–Crippen MR) is 80.0 cm³/mol. The van der Waals surface area contributed by atoms with Crippen LogP contribution in [0.25, 0.3) is 0 Å². The second-order valence-electron chi connectivity index (χ2n) is 6.17. The Bertz CT molecular complexity index is 685. The fraction of sp³-hybridized carbons (Fsp3) is 0.500. The normalized spacial score (nSPS) is 14.4. The predicted octanol–water partition coefficient (Wildman–Crippen LogP) is 1.97. The molecule has 0 bridgehead atoms. The summed E-state index contributed by atoms with van der Waals surface area (Å²) in [7, 11) is -4.13. The first-order valence-electron chi connectivity index (χ1n) is 6.66. The Morgan fingerprint density at radius 1 is 1.17 bits per heavy atom. The van der Waals surface area contributed by atoms with E-state index in [0.29, 0.717) is 6.26 Å². The zero-order valence-electron chi connectivity index (χ0n) is 13.2. The number of hydrogen-bond donors (Lipinski definition) is 2. The lowest BCUT2D eigenvalue weighted by molar-refractivity contribution is -0.151. The summed E-state index contributed by atoms with van der Waals surface area (Å²) in [6.07, 6.45) is 0.651. The minimum Gasteiger partial charge on any atom is -0.346 e. The van der Waals surface area contributed by atoms with Crippen LogP contribution in [0, 0.1) is 5.82 Å². The molecule has 130 valence electrons. The van der Waals surface area contributed by atoms with Gasteiger partial charge in [-0.3, -0.25) is 4.79 Å². The topological polar surface area (TPSA) is 75.3 Å². The average Bonchev–Trinajstić information content (AvgIpc) is 2.33. The number of rotatable bonds is 5. The van der Waals surface area contributed by atoms with Crippen molar-refractivity contribution in [3.05, 3.63) is 35.6 Å². The number of benzene rings is 1. The van der Waals surface area contributed by atoms with Crippen molar-refractivity contribution < 1.29 is 26.4 Å². The molecule has 0 saturated heterocycles. The number of nitrogens with one attached hydrogen (secondary N) is 2. The molecule has 2 N–H and O–H groups in total. The first-order valence-corrected chi connectivity index (χ1v) is 8.55. The highest BCUT2D eigenvalue weighted by Crippen LogP contribution is 2.34. The summed E-state index contributed by atoms with van der Waals surface area (Å²) in [6.45, 7) is 4.47. The molecule has 1 rings (SSSR count). The first-order chi connectivity index (χ1) is 10.2. The summed E-state index contributed by atoms with van der Waals surface area (Å²) in [4.78, 5) is 11.9. The monoisotopic (exact) mass is 352 g/mol. The molecule has 1 amide bonds. The van der Waals surface area contributed by atoms with Crippen LogP contribution in [0.4, 0.5) is 13.2 Å². The molecule has 0 aliphatic rings. The van der Waals surface area contributed by atoms with Crippen LogP contribution >= 0.6 is 0 Å². The number of carbonyl (C=O) groups excluding carboxylic acids is 1. The van der Waals surface area contributed by atoms with Gasteiger partial charge in [0.1, 0.15) is 11.9 Å². The highest BCUT2D eigenvalue weighted by molar-refractivity contribution is 7.88.